The van der Waals surface area contributed by atoms with Crippen LogP contribution in [0.2, 0.25) is 0 Å². The normalized spacial score (nSPS) is 36.2. The summed E-state index contributed by atoms with van der Waals surface area (Å²) in [5, 5.41) is 17.7. The number of allylic oxidation sites excluding steroid dienone is 1. The van der Waals surface area contributed by atoms with Crippen molar-refractivity contribution in [2.75, 3.05) is 19.0 Å². The molecule has 7 atom stereocenters. The van der Waals surface area contributed by atoms with E-state index in [1.807, 2.05) is 24.3 Å². The minimum Gasteiger partial charge on any atom is -0.393 e. The number of thioether (sulfide) groups is 1. The molecule has 4 aliphatic carbocycles. The average molecular weight is 587 g/mol. The van der Waals surface area contributed by atoms with Gasteiger partial charge in [0.15, 0.2) is 5.16 Å². The average Bonchev–Trinajstić information content (AvgIpc) is 3.68. The summed E-state index contributed by atoms with van der Waals surface area (Å²) in [5.74, 6) is 1.93. The smallest absolute Gasteiger partial charge is 0.166 e. The second-order valence-electron chi connectivity index (χ2n) is 14.2. The second kappa shape index (κ2) is 10.1. The molecule has 222 valence electrons. The lowest BCUT2D eigenvalue weighted by Gasteiger charge is -2.59. The molecule has 3 heterocycles. The SMILES string of the molecule is CC12Cc3cnn(C4CCOCC4)c3C=C1CCC1C2C(O)CC2(C)C(C(=O)CSc3nc4ccccc4[nH]3)CCC12. The van der Waals surface area contributed by atoms with Crippen LogP contribution in [0.15, 0.2) is 41.2 Å². The number of aromatic nitrogens is 4. The van der Waals surface area contributed by atoms with Crippen LogP contribution in [0.3, 0.4) is 0 Å². The molecule has 0 spiro atoms. The zero-order valence-electron chi connectivity index (χ0n) is 24.7. The molecule has 1 aliphatic heterocycles. The summed E-state index contributed by atoms with van der Waals surface area (Å²) in [5.41, 5.74) is 5.86. The summed E-state index contributed by atoms with van der Waals surface area (Å²) in [6.45, 7) is 6.36. The van der Waals surface area contributed by atoms with Gasteiger partial charge in [0, 0.05) is 19.1 Å². The van der Waals surface area contributed by atoms with Crippen molar-refractivity contribution in [3.8, 4) is 0 Å². The van der Waals surface area contributed by atoms with E-state index in [0.717, 1.165) is 80.8 Å². The molecule has 8 rings (SSSR count). The van der Waals surface area contributed by atoms with Crippen LogP contribution in [0.5, 0.6) is 0 Å². The van der Waals surface area contributed by atoms with E-state index >= 15 is 0 Å². The van der Waals surface area contributed by atoms with Crippen LogP contribution in [-0.4, -0.2) is 55.7 Å². The van der Waals surface area contributed by atoms with Gasteiger partial charge in [-0.05, 0) is 104 Å². The number of aliphatic hydroxyl groups is 1. The minimum atomic E-state index is -0.395. The number of rotatable bonds is 5. The van der Waals surface area contributed by atoms with Gasteiger partial charge in [0.2, 0.25) is 0 Å². The Bertz CT molecular complexity index is 1520. The lowest BCUT2D eigenvalue weighted by Crippen LogP contribution is -2.57. The number of Topliss-reactive ketones (excluding diaryl/α,β-unsaturated/α-hetero) is 1. The van der Waals surface area contributed by atoms with Crippen LogP contribution in [0.4, 0.5) is 0 Å². The van der Waals surface area contributed by atoms with Crippen LogP contribution >= 0.6 is 11.8 Å². The van der Waals surface area contributed by atoms with E-state index in [1.165, 1.54) is 28.6 Å². The third kappa shape index (κ3) is 4.11. The fourth-order valence-electron chi connectivity index (χ4n) is 10.2. The van der Waals surface area contributed by atoms with E-state index in [-0.39, 0.29) is 22.7 Å². The molecular formula is C34H42N4O3S. The van der Waals surface area contributed by atoms with E-state index in [9.17, 15) is 9.90 Å². The molecule has 7 unspecified atom stereocenters. The van der Waals surface area contributed by atoms with Crippen LogP contribution < -0.4 is 0 Å². The fraction of sp³-hybridized carbons (Fsp3) is 0.618. The molecule has 1 saturated heterocycles. The van der Waals surface area contributed by atoms with Gasteiger partial charge in [-0.1, -0.05) is 43.3 Å². The van der Waals surface area contributed by atoms with Gasteiger partial charge in [-0.25, -0.2) is 4.98 Å². The number of hydrogen-bond donors (Lipinski definition) is 2. The van der Waals surface area contributed by atoms with Gasteiger partial charge in [-0.3, -0.25) is 9.48 Å². The number of imidazole rings is 1. The maximum atomic E-state index is 13.8. The largest absolute Gasteiger partial charge is 0.393 e. The predicted molar refractivity (Wildman–Crippen MR) is 164 cm³/mol. The van der Waals surface area contributed by atoms with E-state index in [2.05, 4.69) is 40.8 Å². The minimum absolute atomic E-state index is 0.00962. The number of H-pyrrole nitrogens is 1. The van der Waals surface area contributed by atoms with Crippen molar-refractivity contribution in [3.05, 3.63) is 47.3 Å². The first-order valence-corrected chi connectivity index (χ1v) is 17.0. The number of carbonyl (C=O) groups excluding carboxylic acids is 1. The van der Waals surface area contributed by atoms with Gasteiger partial charge in [0.25, 0.3) is 0 Å². The number of carbonyl (C=O) groups is 1. The van der Waals surface area contributed by atoms with Crippen molar-refractivity contribution in [2.45, 2.75) is 82.5 Å². The number of hydrogen-bond acceptors (Lipinski definition) is 6. The molecule has 4 fully saturated rings. The molecule has 2 N–H and O–H groups in total. The molecule has 8 heteroatoms. The van der Waals surface area contributed by atoms with Gasteiger partial charge < -0.3 is 14.8 Å². The van der Waals surface area contributed by atoms with Crippen molar-refractivity contribution in [2.24, 2.45) is 34.5 Å². The summed E-state index contributed by atoms with van der Waals surface area (Å²) in [7, 11) is 0. The molecule has 2 aromatic heterocycles. The molecule has 0 bridgehead atoms. The molecule has 42 heavy (non-hydrogen) atoms. The molecule has 0 amide bonds. The van der Waals surface area contributed by atoms with Crippen LogP contribution in [0.1, 0.15) is 76.1 Å². The van der Waals surface area contributed by atoms with E-state index in [0.29, 0.717) is 29.4 Å². The highest BCUT2D eigenvalue weighted by molar-refractivity contribution is 7.99. The Morgan fingerprint density at radius 3 is 2.83 bits per heavy atom. The van der Waals surface area contributed by atoms with E-state index in [4.69, 9.17) is 9.84 Å². The van der Waals surface area contributed by atoms with Gasteiger partial charge in [-0.15, -0.1) is 0 Å². The van der Waals surface area contributed by atoms with Crippen molar-refractivity contribution in [3.63, 3.8) is 0 Å². The zero-order chi connectivity index (χ0) is 28.6. The molecule has 0 radical (unpaired) electrons. The first kappa shape index (κ1) is 27.2. The van der Waals surface area contributed by atoms with Crippen molar-refractivity contribution in [1.82, 2.24) is 19.7 Å². The Kier molecular flexibility index (Phi) is 6.51. The quantitative estimate of drug-likeness (QED) is 0.344. The van der Waals surface area contributed by atoms with E-state index < -0.39 is 6.10 Å². The number of ether oxygens (including phenoxy) is 1. The lowest BCUT2D eigenvalue weighted by atomic mass is 9.46. The number of para-hydroxylation sites is 2. The Labute approximate surface area is 251 Å². The first-order valence-electron chi connectivity index (χ1n) is 16.0. The molecule has 1 aromatic carbocycles. The standard InChI is InChI=1S/C34H42N4O3S/c1-33-16-20-18-35-38(22-11-13-41-14-12-22)28(20)15-21(33)7-8-23-24-9-10-25(34(24,2)17-29(39)31(23)33)30(40)19-42-32-36-26-5-3-4-6-27(26)37-32/h3-6,15,18,22-25,29,31,39H,7-14,16-17,19H2,1-2H3,(H,36,37). The second-order valence-corrected chi connectivity index (χ2v) is 15.1. The highest BCUT2D eigenvalue weighted by atomic mass is 32.2. The Balaban J connectivity index is 1.01. The zero-order valence-corrected chi connectivity index (χ0v) is 25.5. The van der Waals surface area contributed by atoms with Crippen molar-refractivity contribution >= 4 is 34.7 Å². The topological polar surface area (TPSA) is 93.0 Å². The van der Waals surface area contributed by atoms with Crippen LogP contribution in [0.25, 0.3) is 17.1 Å². The van der Waals surface area contributed by atoms with Crippen molar-refractivity contribution in [1.29, 1.82) is 0 Å². The lowest BCUT2D eigenvalue weighted by molar-refractivity contribution is -0.140. The van der Waals surface area contributed by atoms with Crippen molar-refractivity contribution < 1.29 is 14.6 Å². The maximum Gasteiger partial charge on any atom is 0.166 e. The summed E-state index contributed by atoms with van der Waals surface area (Å²) in [4.78, 5) is 21.8. The summed E-state index contributed by atoms with van der Waals surface area (Å²) in [6, 6.07) is 8.42. The van der Waals surface area contributed by atoms with Crippen LogP contribution in [0, 0.1) is 34.5 Å². The summed E-state index contributed by atoms with van der Waals surface area (Å²) >= 11 is 1.52. The number of nitrogens with one attached hydrogen (secondary N) is 1. The number of ketones is 1. The first-order chi connectivity index (χ1) is 20.3. The number of benzene rings is 1. The maximum absolute atomic E-state index is 13.8. The van der Waals surface area contributed by atoms with Gasteiger partial charge in [0.05, 0.1) is 40.8 Å². The highest BCUT2D eigenvalue weighted by Crippen LogP contribution is 2.66. The molecule has 3 saturated carbocycles. The van der Waals surface area contributed by atoms with Gasteiger partial charge >= 0.3 is 0 Å². The van der Waals surface area contributed by atoms with E-state index in [1.54, 1.807) is 0 Å². The molecule has 5 aliphatic rings. The van der Waals surface area contributed by atoms with Crippen LogP contribution in [-0.2, 0) is 16.0 Å². The fourth-order valence-corrected chi connectivity index (χ4v) is 11.0. The molecule has 3 aromatic rings. The Morgan fingerprint density at radius 1 is 1.17 bits per heavy atom. The summed E-state index contributed by atoms with van der Waals surface area (Å²) in [6.07, 6.45) is 12.1. The number of aromatic amines is 1. The third-order valence-electron chi connectivity index (χ3n) is 12.1. The molecule has 7 nitrogen and oxygen atoms in total. The Hall–Kier alpha value is -2.42. The number of nitrogens with zero attached hydrogens (tertiary/aromatic N) is 3. The predicted octanol–water partition coefficient (Wildman–Crippen LogP) is 6.24. The summed E-state index contributed by atoms with van der Waals surface area (Å²) < 4.78 is 7.88. The monoisotopic (exact) mass is 586 g/mol. The Morgan fingerprint density at radius 2 is 2.00 bits per heavy atom. The van der Waals surface area contributed by atoms with Gasteiger partial charge in [0.1, 0.15) is 5.78 Å². The number of fused-ring (bicyclic) bond motifs is 7. The molecular weight excluding hydrogens is 544 g/mol. The third-order valence-corrected chi connectivity index (χ3v) is 13.0. The van der Waals surface area contributed by atoms with Gasteiger partial charge in [-0.2, -0.15) is 5.10 Å². The number of aliphatic hydroxyl groups excluding tert-OH is 1. The highest BCUT2D eigenvalue weighted by Gasteiger charge is 2.63.